The molecule has 0 spiro atoms. The number of rotatable bonds is 6. The Kier molecular flexibility index (Phi) is 6.02. The van der Waals surface area contributed by atoms with Crippen LogP contribution in [-0.4, -0.2) is 38.8 Å². The Morgan fingerprint density at radius 1 is 1.25 bits per heavy atom. The number of likely N-dealkylation sites (N-methyl/N-ethyl adjacent to an activating group) is 1. The number of nitrogens with zero attached hydrogens (tertiary/aromatic N) is 1. The van der Waals surface area contributed by atoms with Crippen molar-refractivity contribution in [1.82, 2.24) is 5.32 Å². The molecule has 1 rings (SSSR count). The molecule has 20 heavy (non-hydrogen) atoms. The number of anilines is 1. The summed E-state index contributed by atoms with van der Waals surface area (Å²) in [5.74, 6) is -0.227. The van der Waals surface area contributed by atoms with Crippen LogP contribution in [0.15, 0.2) is 18.2 Å². The molecule has 0 saturated carbocycles. The molecule has 0 aliphatic carbocycles. The number of esters is 1. The summed E-state index contributed by atoms with van der Waals surface area (Å²) < 4.78 is 4.87. The Balaban J connectivity index is 2.83. The molecule has 0 aromatic heterocycles. The molecule has 1 unspecified atom stereocenters. The van der Waals surface area contributed by atoms with E-state index < -0.39 is 0 Å². The fourth-order valence-corrected chi connectivity index (χ4v) is 2.29. The van der Waals surface area contributed by atoms with E-state index in [0.717, 1.165) is 5.69 Å². The number of methoxy groups -OCH3 is 1. The first-order chi connectivity index (χ1) is 9.33. The molecule has 0 amide bonds. The largest absolute Gasteiger partial charge is 0.468 e. The lowest BCUT2D eigenvalue weighted by molar-refractivity contribution is -0.143. The van der Waals surface area contributed by atoms with E-state index >= 15 is 0 Å². The van der Waals surface area contributed by atoms with Crippen LogP contribution in [-0.2, 0) is 9.53 Å². The second-order valence-electron chi connectivity index (χ2n) is 5.62. The van der Waals surface area contributed by atoms with Crippen LogP contribution in [0.5, 0.6) is 0 Å². The van der Waals surface area contributed by atoms with Crippen molar-refractivity contribution >= 4 is 11.7 Å². The highest BCUT2D eigenvalue weighted by Gasteiger charge is 2.21. The number of nitrogens with one attached hydrogen (secondary N) is 1. The topological polar surface area (TPSA) is 41.6 Å². The maximum atomic E-state index is 11.8. The van der Waals surface area contributed by atoms with E-state index in [2.05, 4.69) is 42.3 Å². The standard InChI is InChI=1S/C16H26N2O2/c1-11(2)17-15(16(19)20-6)10-18(5)14-8-12(3)7-13(4)9-14/h7-9,11,15,17H,10H2,1-6H3. The van der Waals surface area contributed by atoms with Crippen LogP contribution in [0.3, 0.4) is 0 Å². The summed E-state index contributed by atoms with van der Waals surface area (Å²) in [5, 5.41) is 3.24. The number of aryl methyl sites for hydroxylation is 2. The molecule has 0 radical (unpaired) electrons. The summed E-state index contributed by atoms with van der Waals surface area (Å²) in [6, 6.07) is 6.28. The zero-order valence-corrected chi connectivity index (χ0v) is 13.4. The summed E-state index contributed by atoms with van der Waals surface area (Å²) in [4.78, 5) is 13.9. The molecular weight excluding hydrogens is 252 g/mol. The third kappa shape index (κ3) is 4.85. The quantitative estimate of drug-likeness (QED) is 0.811. The van der Waals surface area contributed by atoms with Gasteiger partial charge in [-0.25, -0.2) is 0 Å². The van der Waals surface area contributed by atoms with Gasteiger partial charge in [-0.05, 0) is 37.1 Å². The second-order valence-corrected chi connectivity index (χ2v) is 5.62. The van der Waals surface area contributed by atoms with Gasteiger partial charge in [0.25, 0.3) is 0 Å². The minimum absolute atomic E-state index is 0.227. The summed E-state index contributed by atoms with van der Waals surface area (Å²) in [5.41, 5.74) is 3.55. The molecule has 4 heteroatoms. The number of carbonyl (C=O) groups excluding carboxylic acids is 1. The van der Waals surface area contributed by atoms with E-state index in [4.69, 9.17) is 4.74 Å². The zero-order chi connectivity index (χ0) is 15.3. The van der Waals surface area contributed by atoms with Crippen molar-refractivity contribution in [2.45, 2.75) is 39.8 Å². The lowest BCUT2D eigenvalue weighted by Crippen LogP contribution is -2.48. The molecule has 0 saturated heterocycles. The van der Waals surface area contributed by atoms with Crippen molar-refractivity contribution in [3.05, 3.63) is 29.3 Å². The smallest absolute Gasteiger partial charge is 0.324 e. The highest BCUT2D eigenvalue weighted by molar-refractivity contribution is 5.76. The molecule has 0 heterocycles. The summed E-state index contributed by atoms with van der Waals surface area (Å²) in [6.07, 6.45) is 0. The maximum Gasteiger partial charge on any atom is 0.324 e. The van der Waals surface area contributed by atoms with Gasteiger partial charge in [0.15, 0.2) is 0 Å². The minimum atomic E-state index is -0.328. The van der Waals surface area contributed by atoms with Crippen LogP contribution in [0.4, 0.5) is 5.69 Å². The predicted molar refractivity (Wildman–Crippen MR) is 83.3 cm³/mol. The SMILES string of the molecule is COC(=O)C(CN(C)c1cc(C)cc(C)c1)NC(C)C. The average molecular weight is 278 g/mol. The Morgan fingerprint density at radius 3 is 2.25 bits per heavy atom. The van der Waals surface area contributed by atoms with Gasteiger partial charge >= 0.3 is 5.97 Å². The first-order valence-electron chi connectivity index (χ1n) is 6.96. The van der Waals surface area contributed by atoms with Crippen molar-refractivity contribution in [1.29, 1.82) is 0 Å². The van der Waals surface area contributed by atoms with Gasteiger partial charge in [-0.2, -0.15) is 0 Å². The van der Waals surface area contributed by atoms with Gasteiger partial charge in [0.2, 0.25) is 0 Å². The summed E-state index contributed by atoms with van der Waals surface area (Å²) >= 11 is 0. The molecule has 1 N–H and O–H groups in total. The maximum absolute atomic E-state index is 11.8. The van der Waals surface area contributed by atoms with E-state index in [0.29, 0.717) is 6.54 Å². The second kappa shape index (κ2) is 7.29. The molecule has 0 bridgehead atoms. The van der Waals surface area contributed by atoms with Gasteiger partial charge in [0.05, 0.1) is 7.11 Å². The van der Waals surface area contributed by atoms with Crippen LogP contribution < -0.4 is 10.2 Å². The molecule has 4 nitrogen and oxygen atoms in total. The zero-order valence-electron chi connectivity index (χ0n) is 13.4. The molecular formula is C16H26N2O2. The van der Waals surface area contributed by atoms with Gasteiger partial charge in [-0.1, -0.05) is 19.9 Å². The van der Waals surface area contributed by atoms with Crippen molar-refractivity contribution in [3.8, 4) is 0 Å². The van der Waals surface area contributed by atoms with Gasteiger partial charge < -0.3 is 15.0 Å². The van der Waals surface area contributed by atoms with Crippen molar-refractivity contribution < 1.29 is 9.53 Å². The molecule has 1 aromatic rings. The number of carbonyl (C=O) groups is 1. The monoisotopic (exact) mass is 278 g/mol. The Hall–Kier alpha value is -1.55. The molecule has 0 aliphatic rings. The molecule has 1 aromatic carbocycles. The van der Waals surface area contributed by atoms with Crippen molar-refractivity contribution in [2.24, 2.45) is 0 Å². The number of hydrogen-bond donors (Lipinski definition) is 1. The van der Waals surface area contributed by atoms with Crippen LogP contribution in [0.2, 0.25) is 0 Å². The third-order valence-corrected chi connectivity index (χ3v) is 3.12. The highest BCUT2D eigenvalue weighted by atomic mass is 16.5. The van der Waals surface area contributed by atoms with Crippen LogP contribution >= 0.6 is 0 Å². The lowest BCUT2D eigenvalue weighted by atomic mass is 10.1. The van der Waals surface area contributed by atoms with Crippen molar-refractivity contribution in [2.75, 3.05) is 25.6 Å². The molecule has 0 fully saturated rings. The van der Waals surface area contributed by atoms with Crippen LogP contribution in [0.1, 0.15) is 25.0 Å². The number of ether oxygens (including phenoxy) is 1. The van der Waals surface area contributed by atoms with Crippen molar-refractivity contribution in [3.63, 3.8) is 0 Å². The van der Waals surface area contributed by atoms with Gasteiger partial charge in [0.1, 0.15) is 6.04 Å². The average Bonchev–Trinajstić information content (AvgIpc) is 2.35. The minimum Gasteiger partial charge on any atom is -0.468 e. The highest BCUT2D eigenvalue weighted by Crippen LogP contribution is 2.17. The third-order valence-electron chi connectivity index (χ3n) is 3.12. The number of benzene rings is 1. The Labute approximate surface area is 122 Å². The fraction of sp³-hybridized carbons (Fsp3) is 0.562. The molecule has 1 atom stereocenters. The number of hydrogen-bond acceptors (Lipinski definition) is 4. The first kappa shape index (κ1) is 16.5. The molecule has 112 valence electrons. The lowest BCUT2D eigenvalue weighted by Gasteiger charge is -2.27. The van der Waals surface area contributed by atoms with Gasteiger partial charge in [-0.3, -0.25) is 4.79 Å². The van der Waals surface area contributed by atoms with Gasteiger partial charge in [-0.15, -0.1) is 0 Å². The molecule has 0 aliphatic heterocycles. The van der Waals surface area contributed by atoms with Crippen LogP contribution in [0, 0.1) is 13.8 Å². The van der Waals surface area contributed by atoms with E-state index in [1.807, 2.05) is 20.9 Å². The fourth-order valence-electron chi connectivity index (χ4n) is 2.29. The Bertz CT molecular complexity index is 438. The first-order valence-corrected chi connectivity index (χ1v) is 6.96. The van der Waals surface area contributed by atoms with Crippen LogP contribution in [0.25, 0.3) is 0 Å². The van der Waals surface area contributed by atoms with Gasteiger partial charge in [0, 0.05) is 25.3 Å². The summed E-state index contributed by atoms with van der Waals surface area (Å²) in [6.45, 7) is 8.77. The van der Waals surface area contributed by atoms with E-state index in [-0.39, 0.29) is 18.1 Å². The van der Waals surface area contributed by atoms with E-state index in [1.54, 1.807) is 0 Å². The van der Waals surface area contributed by atoms with E-state index in [9.17, 15) is 4.79 Å². The normalized spacial score (nSPS) is 12.3. The predicted octanol–water partition coefficient (Wildman–Crippen LogP) is 2.28. The summed E-state index contributed by atoms with van der Waals surface area (Å²) in [7, 11) is 3.42. The van der Waals surface area contributed by atoms with E-state index in [1.165, 1.54) is 18.2 Å². The Morgan fingerprint density at radius 2 is 1.80 bits per heavy atom.